The van der Waals surface area contributed by atoms with E-state index in [9.17, 15) is 0 Å². The molecule has 0 aliphatic carbocycles. The number of hydrogen-bond acceptors (Lipinski definition) is 4. The summed E-state index contributed by atoms with van der Waals surface area (Å²) in [6.45, 7) is 3.40. The minimum atomic E-state index is 0.533. The van der Waals surface area contributed by atoms with Crippen LogP contribution in [0.25, 0.3) is 11.3 Å². The van der Waals surface area contributed by atoms with Gasteiger partial charge in [-0.15, -0.1) is 0 Å². The zero-order valence-corrected chi connectivity index (χ0v) is 13.1. The number of aromatic amines is 1. The summed E-state index contributed by atoms with van der Waals surface area (Å²) in [7, 11) is 0. The number of rotatable bonds is 5. The van der Waals surface area contributed by atoms with E-state index in [2.05, 4.69) is 49.5 Å². The number of aromatic nitrogens is 3. The first-order valence-corrected chi connectivity index (χ1v) is 7.93. The van der Waals surface area contributed by atoms with Crippen LogP contribution in [0.4, 0.5) is 0 Å². The third-order valence-corrected chi connectivity index (χ3v) is 4.29. The molecule has 0 saturated carbocycles. The summed E-state index contributed by atoms with van der Waals surface area (Å²) in [5, 5.41) is 14.9. The van der Waals surface area contributed by atoms with Crippen LogP contribution in [0.2, 0.25) is 5.15 Å². The summed E-state index contributed by atoms with van der Waals surface area (Å²) in [6, 6.07) is 6.22. The summed E-state index contributed by atoms with van der Waals surface area (Å²) in [5.41, 5.74) is 5.33. The van der Waals surface area contributed by atoms with Gasteiger partial charge < -0.3 is 5.32 Å². The highest BCUT2D eigenvalue weighted by Crippen LogP contribution is 2.20. The molecule has 0 atom stereocenters. The Bertz CT molecular complexity index is 684. The molecule has 0 radical (unpaired) electrons. The molecule has 3 rings (SSSR count). The van der Waals surface area contributed by atoms with Gasteiger partial charge in [-0.1, -0.05) is 17.7 Å². The Labute approximate surface area is 132 Å². The first-order chi connectivity index (χ1) is 10.2. The number of nitrogens with one attached hydrogen (secondary N) is 2. The Morgan fingerprint density at radius 1 is 1.29 bits per heavy atom. The van der Waals surface area contributed by atoms with Crippen LogP contribution in [0.3, 0.4) is 0 Å². The van der Waals surface area contributed by atoms with E-state index < -0.39 is 0 Å². The molecule has 21 heavy (non-hydrogen) atoms. The Balaban J connectivity index is 1.59. The molecule has 3 aromatic rings. The van der Waals surface area contributed by atoms with E-state index in [1.54, 1.807) is 11.3 Å². The second-order valence-corrected chi connectivity index (χ2v) is 5.92. The molecule has 6 heteroatoms. The van der Waals surface area contributed by atoms with Crippen LogP contribution < -0.4 is 5.32 Å². The number of aryl methyl sites for hydroxylation is 1. The summed E-state index contributed by atoms with van der Waals surface area (Å²) in [6.07, 6.45) is 1.91. The second kappa shape index (κ2) is 6.39. The lowest BCUT2D eigenvalue weighted by atomic mass is 10.2. The van der Waals surface area contributed by atoms with Crippen molar-refractivity contribution in [2.45, 2.75) is 20.0 Å². The van der Waals surface area contributed by atoms with Crippen molar-refractivity contribution >= 4 is 22.9 Å². The van der Waals surface area contributed by atoms with Crippen LogP contribution in [0.15, 0.2) is 35.2 Å². The Kier molecular flexibility index (Phi) is 4.34. The number of nitrogens with zero attached hydrogens (tertiary/aromatic N) is 2. The zero-order valence-electron chi connectivity index (χ0n) is 11.6. The van der Waals surface area contributed by atoms with Crippen LogP contribution >= 0.6 is 22.9 Å². The van der Waals surface area contributed by atoms with Crippen molar-refractivity contribution in [1.29, 1.82) is 0 Å². The summed E-state index contributed by atoms with van der Waals surface area (Å²) >= 11 is 7.69. The smallest absolute Gasteiger partial charge is 0.155 e. The highest BCUT2D eigenvalue weighted by molar-refractivity contribution is 7.08. The van der Waals surface area contributed by atoms with E-state index in [0.29, 0.717) is 11.7 Å². The van der Waals surface area contributed by atoms with Gasteiger partial charge in [0.15, 0.2) is 5.15 Å². The van der Waals surface area contributed by atoms with Crippen LogP contribution in [0.5, 0.6) is 0 Å². The van der Waals surface area contributed by atoms with Gasteiger partial charge >= 0.3 is 0 Å². The van der Waals surface area contributed by atoms with E-state index in [1.165, 1.54) is 5.56 Å². The first-order valence-electron chi connectivity index (χ1n) is 6.61. The molecule has 0 amide bonds. The molecule has 3 heterocycles. The van der Waals surface area contributed by atoms with E-state index in [1.807, 2.05) is 13.1 Å². The van der Waals surface area contributed by atoms with Gasteiger partial charge in [-0.2, -0.15) is 16.4 Å². The lowest BCUT2D eigenvalue weighted by Crippen LogP contribution is -2.13. The molecule has 108 valence electrons. The minimum Gasteiger partial charge on any atom is -0.308 e. The standard InChI is InChI=1S/C15H15ClN4S/c1-10-13(15(16)20-19-10)8-17-6-11-2-3-14(18-7-11)12-4-5-21-9-12/h2-5,7,9,17H,6,8H2,1H3,(H,19,20). The van der Waals surface area contributed by atoms with Crippen LogP contribution in [-0.4, -0.2) is 15.2 Å². The normalized spacial score (nSPS) is 11.0. The molecule has 0 saturated heterocycles. The molecule has 0 fully saturated rings. The van der Waals surface area contributed by atoms with Crippen LogP contribution in [-0.2, 0) is 13.1 Å². The number of pyridine rings is 1. The van der Waals surface area contributed by atoms with E-state index in [0.717, 1.165) is 29.1 Å². The van der Waals surface area contributed by atoms with Crippen molar-refractivity contribution < 1.29 is 0 Å². The molecule has 0 aromatic carbocycles. The molecule has 0 aliphatic heterocycles. The van der Waals surface area contributed by atoms with E-state index in [-0.39, 0.29) is 0 Å². The predicted molar refractivity (Wildman–Crippen MR) is 86.4 cm³/mol. The third-order valence-electron chi connectivity index (χ3n) is 3.30. The average Bonchev–Trinajstić information content (AvgIpc) is 3.13. The van der Waals surface area contributed by atoms with E-state index in [4.69, 9.17) is 11.6 Å². The SMILES string of the molecule is Cc1[nH]nc(Cl)c1CNCc1ccc(-c2ccsc2)nc1. The van der Waals surface area contributed by atoms with Crippen molar-refractivity contribution in [3.05, 3.63) is 57.1 Å². The maximum atomic E-state index is 6.01. The van der Waals surface area contributed by atoms with Gasteiger partial charge in [0.2, 0.25) is 0 Å². The lowest BCUT2D eigenvalue weighted by molar-refractivity contribution is 0.689. The fourth-order valence-electron chi connectivity index (χ4n) is 2.07. The molecule has 4 nitrogen and oxygen atoms in total. The number of halogens is 1. The summed E-state index contributed by atoms with van der Waals surface area (Å²) < 4.78 is 0. The minimum absolute atomic E-state index is 0.533. The van der Waals surface area contributed by atoms with Crippen LogP contribution in [0, 0.1) is 6.92 Å². The Hall–Kier alpha value is -1.69. The van der Waals surface area contributed by atoms with Gasteiger partial charge in [0, 0.05) is 41.5 Å². The molecule has 2 N–H and O–H groups in total. The van der Waals surface area contributed by atoms with Crippen molar-refractivity contribution in [2.24, 2.45) is 0 Å². The van der Waals surface area contributed by atoms with Crippen LogP contribution in [0.1, 0.15) is 16.8 Å². The fourth-order valence-corrected chi connectivity index (χ4v) is 2.97. The van der Waals surface area contributed by atoms with Crippen molar-refractivity contribution in [3.63, 3.8) is 0 Å². The zero-order chi connectivity index (χ0) is 14.7. The maximum absolute atomic E-state index is 6.01. The Morgan fingerprint density at radius 2 is 2.19 bits per heavy atom. The van der Waals surface area contributed by atoms with Gasteiger partial charge in [0.05, 0.1) is 5.69 Å². The molecule has 0 bridgehead atoms. The van der Waals surface area contributed by atoms with Crippen molar-refractivity contribution in [1.82, 2.24) is 20.5 Å². The molecule has 0 aliphatic rings. The number of H-pyrrole nitrogens is 1. The molecule has 3 aromatic heterocycles. The van der Waals surface area contributed by atoms with Gasteiger partial charge in [-0.05, 0) is 30.0 Å². The number of hydrogen-bond donors (Lipinski definition) is 2. The van der Waals surface area contributed by atoms with Crippen molar-refractivity contribution in [3.8, 4) is 11.3 Å². The van der Waals surface area contributed by atoms with Gasteiger partial charge in [-0.3, -0.25) is 10.1 Å². The molecular formula is C15H15ClN4S. The topological polar surface area (TPSA) is 53.6 Å². The Morgan fingerprint density at radius 3 is 2.81 bits per heavy atom. The number of thiophene rings is 1. The van der Waals surface area contributed by atoms with Gasteiger partial charge in [0.1, 0.15) is 0 Å². The lowest BCUT2D eigenvalue weighted by Gasteiger charge is -2.05. The highest BCUT2D eigenvalue weighted by Gasteiger charge is 2.07. The fraction of sp³-hybridized carbons (Fsp3) is 0.200. The van der Waals surface area contributed by atoms with Crippen molar-refractivity contribution in [2.75, 3.05) is 0 Å². The monoisotopic (exact) mass is 318 g/mol. The molecular weight excluding hydrogens is 304 g/mol. The summed E-state index contributed by atoms with van der Waals surface area (Å²) in [5.74, 6) is 0. The predicted octanol–water partition coefficient (Wildman–Crippen LogP) is 3.78. The molecule has 0 spiro atoms. The third kappa shape index (κ3) is 3.32. The van der Waals surface area contributed by atoms with E-state index >= 15 is 0 Å². The maximum Gasteiger partial charge on any atom is 0.155 e. The summed E-state index contributed by atoms with van der Waals surface area (Å²) in [4.78, 5) is 4.49. The molecule has 0 unspecified atom stereocenters. The largest absolute Gasteiger partial charge is 0.308 e. The van der Waals surface area contributed by atoms with Gasteiger partial charge in [-0.25, -0.2) is 0 Å². The first kappa shape index (κ1) is 14.3. The average molecular weight is 319 g/mol. The second-order valence-electron chi connectivity index (χ2n) is 4.79. The highest BCUT2D eigenvalue weighted by atomic mass is 35.5. The quantitative estimate of drug-likeness (QED) is 0.752. The van der Waals surface area contributed by atoms with Gasteiger partial charge in [0.25, 0.3) is 0 Å².